The van der Waals surface area contributed by atoms with Gasteiger partial charge in [-0.05, 0) is 91.3 Å². The zero-order valence-electron chi connectivity index (χ0n) is 22.3. The minimum absolute atomic E-state index is 0.0461. The Kier molecular flexibility index (Phi) is 7.43. The molecule has 0 aromatic rings. The number of carbonyl (C=O) groups excluding carboxylic acids is 1. The van der Waals surface area contributed by atoms with Gasteiger partial charge in [0.25, 0.3) is 0 Å². The van der Waals surface area contributed by atoms with E-state index >= 15 is 0 Å². The lowest BCUT2D eigenvalue weighted by Gasteiger charge is -2.60. The van der Waals surface area contributed by atoms with Crippen molar-refractivity contribution in [2.24, 2.45) is 45.8 Å². The van der Waals surface area contributed by atoms with Crippen molar-refractivity contribution in [1.82, 2.24) is 0 Å². The lowest BCUT2D eigenvalue weighted by atomic mass is 9.44. The van der Waals surface area contributed by atoms with Crippen LogP contribution in [0.5, 0.6) is 0 Å². The third kappa shape index (κ3) is 4.50. The number of carboxylic acid groups (broad SMARTS) is 1. The molecule has 0 amide bonds. The predicted molar refractivity (Wildman–Crippen MR) is 136 cm³/mol. The molecule has 0 heterocycles. The Morgan fingerprint density at radius 2 is 1.79 bits per heavy atom. The Hall–Kier alpha value is -1.38. The average molecular weight is 457 g/mol. The van der Waals surface area contributed by atoms with E-state index in [1.165, 1.54) is 24.8 Å². The van der Waals surface area contributed by atoms with Crippen LogP contribution in [-0.2, 0) is 9.59 Å². The van der Waals surface area contributed by atoms with Gasteiger partial charge in [-0.15, -0.1) is 0 Å². The largest absolute Gasteiger partial charge is 0.481 e. The van der Waals surface area contributed by atoms with Crippen LogP contribution >= 0.6 is 0 Å². The average Bonchev–Trinajstić information content (AvgIpc) is 2.97. The maximum Gasteiger partial charge on any atom is 0.303 e. The SMILES string of the molecule is C=C(C)[C@@H]1CC=C2[C@H](CC[C@]3(C)[C@@H]([C@H](C)CC(=O)CC(C)C)CC[C@@]23C)[C@@]1(C)CCC(=O)O. The molecule has 33 heavy (non-hydrogen) atoms. The molecule has 2 fully saturated rings. The van der Waals surface area contributed by atoms with E-state index in [0.29, 0.717) is 48.2 Å². The van der Waals surface area contributed by atoms with Crippen molar-refractivity contribution in [2.75, 3.05) is 0 Å². The van der Waals surface area contributed by atoms with Gasteiger partial charge in [0.15, 0.2) is 0 Å². The predicted octanol–water partition coefficient (Wildman–Crippen LogP) is 7.85. The standard InChI is InChI=1S/C30H48O3/c1-19(2)17-22(31)18-21(5)24-11-15-30(8)26-10-9-23(20(3)4)28(6,14-13-27(32)33)25(26)12-16-29(24,30)7/h10,19,21,23-25H,3,9,11-18H2,1-2,4-8H3,(H,32,33)/t21-,23+,24-,25+,28+,29-,30+/m1/s1. The third-order valence-corrected chi connectivity index (χ3v) is 10.5. The van der Waals surface area contributed by atoms with Crippen LogP contribution < -0.4 is 0 Å². The molecule has 0 radical (unpaired) electrons. The van der Waals surface area contributed by atoms with Crippen LogP contribution in [0.15, 0.2) is 23.8 Å². The summed E-state index contributed by atoms with van der Waals surface area (Å²) in [7, 11) is 0. The molecular weight excluding hydrogens is 408 g/mol. The first-order valence-electron chi connectivity index (χ1n) is 13.4. The highest BCUT2D eigenvalue weighted by atomic mass is 16.4. The molecular formula is C30H48O3. The summed E-state index contributed by atoms with van der Waals surface area (Å²) in [6, 6.07) is 0. The van der Waals surface area contributed by atoms with E-state index in [1.54, 1.807) is 5.57 Å². The summed E-state index contributed by atoms with van der Waals surface area (Å²) in [5, 5.41) is 9.48. The van der Waals surface area contributed by atoms with Crippen molar-refractivity contribution in [3.8, 4) is 0 Å². The molecule has 0 saturated heterocycles. The normalized spacial score (nSPS) is 38.9. The molecule has 3 nitrogen and oxygen atoms in total. The van der Waals surface area contributed by atoms with Gasteiger partial charge < -0.3 is 5.11 Å². The van der Waals surface area contributed by atoms with E-state index < -0.39 is 5.97 Å². The molecule has 0 aromatic carbocycles. The first-order valence-corrected chi connectivity index (χ1v) is 13.4. The first kappa shape index (κ1) is 26.2. The molecule has 1 N–H and O–H groups in total. The maximum atomic E-state index is 12.6. The number of rotatable bonds is 9. The van der Waals surface area contributed by atoms with Gasteiger partial charge in [-0.3, -0.25) is 9.59 Å². The van der Waals surface area contributed by atoms with E-state index in [9.17, 15) is 14.7 Å². The van der Waals surface area contributed by atoms with Crippen molar-refractivity contribution in [2.45, 2.75) is 106 Å². The van der Waals surface area contributed by atoms with Crippen LogP contribution in [0.2, 0.25) is 0 Å². The lowest BCUT2D eigenvalue weighted by Crippen LogP contribution is -2.52. The van der Waals surface area contributed by atoms with Gasteiger partial charge in [-0.1, -0.05) is 65.3 Å². The third-order valence-electron chi connectivity index (χ3n) is 10.5. The lowest BCUT2D eigenvalue weighted by molar-refractivity contribution is -0.138. The van der Waals surface area contributed by atoms with Crippen molar-refractivity contribution in [3.63, 3.8) is 0 Å². The van der Waals surface area contributed by atoms with Crippen LogP contribution in [0, 0.1) is 45.8 Å². The quantitative estimate of drug-likeness (QED) is 0.359. The highest BCUT2D eigenvalue weighted by Gasteiger charge is 2.63. The Bertz CT molecular complexity index is 822. The van der Waals surface area contributed by atoms with Gasteiger partial charge in [-0.2, -0.15) is 0 Å². The molecule has 3 rings (SSSR count). The van der Waals surface area contributed by atoms with Crippen molar-refractivity contribution >= 4 is 11.8 Å². The molecule has 0 spiro atoms. The summed E-state index contributed by atoms with van der Waals surface area (Å²) in [4.78, 5) is 24.2. The maximum absolute atomic E-state index is 12.6. The van der Waals surface area contributed by atoms with Crippen LogP contribution in [0.1, 0.15) is 106 Å². The van der Waals surface area contributed by atoms with Crippen LogP contribution in [0.4, 0.5) is 0 Å². The minimum Gasteiger partial charge on any atom is -0.481 e. The molecule has 0 bridgehead atoms. The van der Waals surface area contributed by atoms with Gasteiger partial charge in [0, 0.05) is 19.3 Å². The van der Waals surface area contributed by atoms with Crippen LogP contribution in [0.3, 0.4) is 0 Å². The molecule has 0 aromatic heterocycles. The molecule has 0 unspecified atom stereocenters. The molecule has 186 valence electrons. The Balaban J connectivity index is 1.90. The fourth-order valence-corrected chi connectivity index (χ4v) is 8.63. The van der Waals surface area contributed by atoms with Gasteiger partial charge >= 0.3 is 5.97 Å². The fraction of sp³-hybridized carbons (Fsp3) is 0.800. The first-order chi connectivity index (χ1) is 15.3. The molecule has 3 aliphatic rings. The second kappa shape index (κ2) is 9.34. The van der Waals surface area contributed by atoms with E-state index in [2.05, 4.69) is 61.1 Å². The summed E-state index contributed by atoms with van der Waals surface area (Å²) >= 11 is 0. The zero-order valence-corrected chi connectivity index (χ0v) is 22.3. The number of ketones is 1. The van der Waals surface area contributed by atoms with Crippen molar-refractivity contribution < 1.29 is 14.7 Å². The number of carbonyl (C=O) groups is 2. The van der Waals surface area contributed by atoms with E-state index in [4.69, 9.17) is 0 Å². The summed E-state index contributed by atoms with van der Waals surface area (Å²) in [6.45, 7) is 20.4. The fourth-order valence-electron chi connectivity index (χ4n) is 8.63. The van der Waals surface area contributed by atoms with E-state index in [-0.39, 0.29) is 22.7 Å². The summed E-state index contributed by atoms with van der Waals surface area (Å²) in [5.74, 6) is 1.94. The number of aliphatic carboxylic acids is 1. The number of hydrogen-bond donors (Lipinski definition) is 1. The van der Waals surface area contributed by atoms with E-state index in [1.807, 2.05) is 0 Å². The number of allylic oxidation sites excluding steroid dienone is 3. The van der Waals surface area contributed by atoms with Crippen LogP contribution in [-0.4, -0.2) is 16.9 Å². The highest BCUT2D eigenvalue weighted by Crippen LogP contribution is 2.71. The minimum atomic E-state index is -0.694. The number of hydrogen-bond acceptors (Lipinski definition) is 2. The summed E-state index contributed by atoms with van der Waals surface area (Å²) < 4.78 is 0. The van der Waals surface area contributed by atoms with Crippen molar-refractivity contribution in [3.05, 3.63) is 23.8 Å². The monoisotopic (exact) mass is 456 g/mol. The summed E-state index contributed by atoms with van der Waals surface area (Å²) in [6.07, 6.45) is 10.6. The molecule has 7 atom stereocenters. The van der Waals surface area contributed by atoms with Crippen LogP contribution in [0.25, 0.3) is 0 Å². The Morgan fingerprint density at radius 3 is 2.36 bits per heavy atom. The Labute approximate surface area is 202 Å². The van der Waals surface area contributed by atoms with Gasteiger partial charge in [0.2, 0.25) is 0 Å². The number of fused-ring (bicyclic) bond motifs is 3. The Morgan fingerprint density at radius 1 is 1.12 bits per heavy atom. The second-order valence-electron chi connectivity index (χ2n) is 13.0. The number of Topliss-reactive ketones (excluding diaryl/α,β-unsaturated/α-hetero) is 1. The topological polar surface area (TPSA) is 54.4 Å². The zero-order chi connectivity index (χ0) is 24.8. The summed E-state index contributed by atoms with van der Waals surface area (Å²) in [5.41, 5.74) is 3.09. The smallest absolute Gasteiger partial charge is 0.303 e. The second-order valence-corrected chi connectivity index (χ2v) is 13.0. The van der Waals surface area contributed by atoms with E-state index in [0.717, 1.165) is 19.3 Å². The molecule has 2 saturated carbocycles. The van der Waals surface area contributed by atoms with Crippen molar-refractivity contribution in [1.29, 1.82) is 0 Å². The molecule has 3 heteroatoms. The van der Waals surface area contributed by atoms with Gasteiger partial charge in [-0.25, -0.2) is 0 Å². The molecule has 3 aliphatic carbocycles. The number of carboxylic acids is 1. The van der Waals surface area contributed by atoms with Gasteiger partial charge in [0.1, 0.15) is 5.78 Å². The molecule has 0 aliphatic heterocycles. The highest BCUT2D eigenvalue weighted by molar-refractivity contribution is 5.78. The van der Waals surface area contributed by atoms with Gasteiger partial charge in [0.05, 0.1) is 0 Å².